The maximum atomic E-state index is 6.10. The van der Waals surface area contributed by atoms with Crippen LogP contribution in [0.5, 0.6) is 11.5 Å². The van der Waals surface area contributed by atoms with E-state index in [0.29, 0.717) is 0 Å². The molecule has 208 valence electrons. The van der Waals surface area contributed by atoms with Crippen LogP contribution in [0.25, 0.3) is 0 Å². The fourth-order valence-corrected chi connectivity index (χ4v) is 4.70. The molecule has 0 unspecified atom stereocenters. The van der Waals surface area contributed by atoms with Crippen molar-refractivity contribution >= 4 is 0 Å². The van der Waals surface area contributed by atoms with Crippen molar-refractivity contribution in [2.45, 2.75) is 138 Å². The molecule has 2 nitrogen and oxygen atoms in total. The van der Waals surface area contributed by atoms with Gasteiger partial charge in [0, 0.05) is 5.56 Å². The monoisotopic (exact) mass is 500 g/mol. The van der Waals surface area contributed by atoms with E-state index in [9.17, 15) is 0 Å². The van der Waals surface area contributed by atoms with Crippen molar-refractivity contribution in [2.24, 2.45) is 17.8 Å². The Hall–Kier alpha value is -1.44. The van der Waals surface area contributed by atoms with Crippen LogP contribution in [0.15, 0.2) is 29.8 Å². The minimum Gasteiger partial charge on any atom is -0.494 e. The Labute approximate surface area is 225 Å². The summed E-state index contributed by atoms with van der Waals surface area (Å²) in [5.74, 6) is 4.58. The van der Waals surface area contributed by atoms with Gasteiger partial charge in [0.2, 0.25) is 0 Å². The lowest BCUT2D eigenvalue weighted by molar-refractivity contribution is 0.299. The minimum atomic E-state index is 0.788. The normalized spacial score (nSPS) is 13.7. The highest BCUT2D eigenvalue weighted by Crippen LogP contribution is 2.27. The zero-order valence-electron chi connectivity index (χ0n) is 25.2. The van der Waals surface area contributed by atoms with Crippen molar-refractivity contribution in [2.75, 3.05) is 13.2 Å². The van der Waals surface area contributed by atoms with Crippen LogP contribution < -0.4 is 9.47 Å². The standard InChI is InChI=1S/C34H60O2/c1-8-10-25-35-33-23-24-34(36-26-11-9-2)32(27-33)22-21-31(7)20-14-19-30(6)18-13-17-29(5)16-12-15-28(3)4/h21,23-24,27-30H,8-20,22,25-26H2,1-7H3/t29-,30-/m1/s1. The van der Waals surface area contributed by atoms with Gasteiger partial charge in [0.05, 0.1) is 13.2 Å². The first-order valence-electron chi connectivity index (χ1n) is 15.4. The molecule has 0 N–H and O–H groups in total. The van der Waals surface area contributed by atoms with Crippen molar-refractivity contribution in [3.63, 3.8) is 0 Å². The average molecular weight is 501 g/mol. The third-order valence-corrected chi connectivity index (χ3v) is 7.36. The predicted molar refractivity (Wildman–Crippen MR) is 159 cm³/mol. The van der Waals surface area contributed by atoms with Crippen LogP contribution in [-0.2, 0) is 6.42 Å². The molecule has 0 radical (unpaired) electrons. The van der Waals surface area contributed by atoms with Crippen LogP contribution >= 0.6 is 0 Å². The van der Waals surface area contributed by atoms with Crippen LogP contribution in [0.1, 0.15) is 138 Å². The van der Waals surface area contributed by atoms with Crippen molar-refractivity contribution in [3.8, 4) is 11.5 Å². The summed E-state index contributed by atoms with van der Waals surface area (Å²) in [5, 5.41) is 0. The quantitative estimate of drug-likeness (QED) is 0.116. The van der Waals surface area contributed by atoms with E-state index in [0.717, 1.165) is 74.6 Å². The van der Waals surface area contributed by atoms with E-state index in [1.165, 1.54) is 68.9 Å². The van der Waals surface area contributed by atoms with Gasteiger partial charge in [-0.2, -0.15) is 0 Å². The molecule has 0 fully saturated rings. The Morgan fingerprint density at radius 1 is 0.750 bits per heavy atom. The molecular formula is C34H60O2. The fraction of sp³-hybridized carbons (Fsp3) is 0.765. The molecule has 0 saturated carbocycles. The summed E-state index contributed by atoms with van der Waals surface area (Å²) < 4.78 is 12.1. The first-order valence-corrected chi connectivity index (χ1v) is 15.4. The van der Waals surface area contributed by atoms with Crippen LogP contribution in [0.3, 0.4) is 0 Å². The van der Waals surface area contributed by atoms with E-state index in [4.69, 9.17) is 9.47 Å². The molecule has 2 atom stereocenters. The molecule has 1 aromatic rings. The highest BCUT2D eigenvalue weighted by molar-refractivity contribution is 5.41. The van der Waals surface area contributed by atoms with Crippen LogP contribution in [0.2, 0.25) is 0 Å². The van der Waals surface area contributed by atoms with E-state index in [2.05, 4.69) is 72.7 Å². The van der Waals surface area contributed by atoms with E-state index in [1.54, 1.807) is 0 Å². The van der Waals surface area contributed by atoms with Gasteiger partial charge < -0.3 is 9.47 Å². The number of hydrogen-bond acceptors (Lipinski definition) is 2. The summed E-state index contributed by atoms with van der Waals surface area (Å²) in [4.78, 5) is 0. The Balaban J connectivity index is 2.43. The number of unbranched alkanes of at least 4 members (excludes halogenated alkanes) is 2. The lowest BCUT2D eigenvalue weighted by Gasteiger charge is -2.15. The molecular weight excluding hydrogens is 440 g/mol. The average Bonchev–Trinajstić information content (AvgIpc) is 2.83. The Bertz CT molecular complexity index is 690. The van der Waals surface area contributed by atoms with Gasteiger partial charge in [0.15, 0.2) is 0 Å². The molecule has 36 heavy (non-hydrogen) atoms. The van der Waals surface area contributed by atoms with Gasteiger partial charge in [-0.25, -0.2) is 0 Å². The lowest BCUT2D eigenvalue weighted by Crippen LogP contribution is -2.02. The van der Waals surface area contributed by atoms with E-state index < -0.39 is 0 Å². The fourth-order valence-electron chi connectivity index (χ4n) is 4.70. The zero-order valence-corrected chi connectivity index (χ0v) is 25.2. The van der Waals surface area contributed by atoms with Gasteiger partial charge in [0.25, 0.3) is 0 Å². The number of benzene rings is 1. The largest absolute Gasteiger partial charge is 0.494 e. The molecule has 0 aromatic heterocycles. The molecule has 0 bridgehead atoms. The third kappa shape index (κ3) is 16.3. The second-order valence-electron chi connectivity index (χ2n) is 11.8. The molecule has 0 aliphatic carbocycles. The first kappa shape index (κ1) is 32.6. The molecule has 2 heteroatoms. The maximum Gasteiger partial charge on any atom is 0.123 e. The molecule has 1 rings (SSSR count). The Morgan fingerprint density at radius 2 is 1.33 bits per heavy atom. The summed E-state index contributed by atoms with van der Waals surface area (Å²) >= 11 is 0. The topological polar surface area (TPSA) is 18.5 Å². The highest BCUT2D eigenvalue weighted by Gasteiger charge is 2.08. The van der Waals surface area contributed by atoms with Crippen molar-refractivity contribution in [1.82, 2.24) is 0 Å². The Kier molecular flexibility index (Phi) is 18.6. The molecule has 0 heterocycles. The SMILES string of the molecule is CCCCOc1ccc(OCCCC)c(CC=C(C)CCC[C@H](C)CCC[C@H](C)CCCC(C)C)c1. The number of hydrogen-bond donors (Lipinski definition) is 0. The minimum absolute atomic E-state index is 0.788. The van der Waals surface area contributed by atoms with Gasteiger partial charge in [-0.05, 0) is 75.0 Å². The van der Waals surface area contributed by atoms with Gasteiger partial charge in [-0.15, -0.1) is 0 Å². The molecule has 0 spiro atoms. The van der Waals surface area contributed by atoms with Crippen molar-refractivity contribution in [3.05, 3.63) is 35.4 Å². The van der Waals surface area contributed by atoms with Gasteiger partial charge in [-0.1, -0.05) is 111 Å². The molecule has 1 aromatic carbocycles. The third-order valence-electron chi connectivity index (χ3n) is 7.36. The van der Waals surface area contributed by atoms with Crippen LogP contribution in [0.4, 0.5) is 0 Å². The summed E-state index contributed by atoms with van der Waals surface area (Å²) in [6, 6.07) is 6.35. The molecule has 0 aliphatic heterocycles. The second kappa shape index (κ2) is 20.6. The van der Waals surface area contributed by atoms with Crippen LogP contribution in [0, 0.1) is 17.8 Å². The van der Waals surface area contributed by atoms with E-state index in [1.807, 2.05) is 0 Å². The summed E-state index contributed by atoms with van der Waals surface area (Å²) in [6.07, 6.45) is 20.1. The second-order valence-corrected chi connectivity index (χ2v) is 11.8. The van der Waals surface area contributed by atoms with Gasteiger partial charge in [-0.3, -0.25) is 0 Å². The van der Waals surface area contributed by atoms with Crippen molar-refractivity contribution < 1.29 is 9.47 Å². The summed E-state index contributed by atoms with van der Waals surface area (Å²) in [5.41, 5.74) is 2.74. The summed E-state index contributed by atoms with van der Waals surface area (Å²) in [6.45, 7) is 17.9. The predicted octanol–water partition coefficient (Wildman–Crippen LogP) is 11.0. The van der Waals surface area contributed by atoms with Gasteiger partial charge in [0.1, 0.15) is 11.5 Å². The number of ether oxygens (including phenoxy) is 2. The molecule has 0 saturated heterocycles. The summed E-state index contributed by atoms with van der Waals surface area (Å²) in [7, 11) is 0. The lowest BCUT2D eigenvalue weighted by atomic mass is 9.91. The van der Waals surface area contributed by atoms with E-state index >= 15 is 0 Å². The number of rotatable bonds is 22. The molecule has 0 amide bonds. The first-order chi connectivity index (χ1) is 17.3. The smallest absolute Gasteiger partial charge is 0.123 e. The van der Waals surface area contributed by atoms with Crippen LogP contribution in [-0.4, -0.2) is 13.2 Å². The zero-order chi connectivity index (χ0) is 26.6. The maximum absolute atomic E-state index is 6.10. The number of allylic oxidation sites excluding steroid dienone is 2. The van der Waals surface area contributed by atoms with E-state index in [-0.39, 0.29) is 0 Å². The van der Waals surface area contributed by atoms with Crippen molar-refractivity contribution in [1.29, 1.82) is 0 Å². The Morgan fingerprint density at radius 3 is 1.94 bits per heavy atom. The van der Waals surface area contributed by atoms with Gasteiger partial charge >= 0.3 is 0 Å². The molecule has 0 aliphatic rings. The highest BCUT2D eigenvalue weighted by atomic mass is 16.5.